The van der Waals surface area contributed by atoms with E-state index in [-0.39, 0.29) is 12.2 Å². The summed E-state index contributed by atoms with van der Waals surface area (Å²) in [6.07, 6.45) is 6.28. The van der Waals surface area contributed by atoms with E-state index in [1.807, 2.05) is 0 Å². The van der Waals surface area contributed by atoms with E-state index in [1.165, 1.54) is 6.33 Å². The minimum Gasteiger partial charge on any atom is -0.280 e. The Kier molecular flexibility index (Phi) is 1.59. The van der Waals surface area contributed by atoms with Gasteiger partial charge in [0.05, 0.1) is 0 Å². The molecule has 10 heavy (non-hydrogen) atoms. The maximum Gasteiger partial charge on any atom is 0.346 e. The molecule has 0 atom stereocenters. The predicted molar refractivity (Wildman–Crippen MR) is 36.1 cm³/mol. The largest absolute Gasteiger partial charge is 0.346 e. The molecule has 1 aromatic rings. The third-order valence-corrected chi connectivity index (χ3v) is 1.04. The van der Waals surface area contributed by atoms with Crippen molar-refractivity contribution < 1.29 is 0 Å². The fourth-order valence-corrected chi connectivity index (χ4v) is 0.567. The Morgan fingerprint density at radius 3 is 3.00 bits per heavy atom. The Morgan fingerprint density at radius 2 is 2.60 bits per heavy atom. The summed E-state index contributed by atoms with van der Waals surface area (Å²) in [4.78, 5) is 10.9. The predicted octanol–water partition coefficient (Wildman–Crippen LogP) is -0.682. The molecule has 0 saturated carbocycles. The molecule has 0 aliphatic heterocycles. The average molecular weight is 136 g/mol. The molecule has 0 bridgehead atoms. The summed E-state index contributed by atoms with van der Waals surface area (Å²) in [5, 5.41) is 3.67. The molecule has 1 rings (SSSR count). The van der Waals surface area contributed by atoms with Crippen molar-refractivity contribution in [2.24, 2.45) is 0 Å². The number of rotatable bonds is 1. The second kappa shape index (κ2) is 2.40. The Labute approximate surface area is 58.1 Å². The molecule has 1 aromatic heterocycles. The van der Waals surface area contributed by atoms with Crippen LogP contribution >= 0.6 is 0 Å². The van der Waals surface area contributed by atoms with Gasteiger partial charge in [-0.2, -0.15) is 5.10 Å². The summed E-state index contributed by atoms with van der Waals surface area (Å²) in [5.41, 5.74) is -0.294. The second-order valence-electron chi connectivity index (χ2n) is 1.75. The zero-order valence-corrected chi connectivity index (χ0v) is 5.32. The van der Waals surface area contributed by atoms with Gasteiger partial charge in [0.2, 0.25) is 0 Å². The molecule has 0 fully saturated rings. The van der Waals surface area contributed by atoms with Gasteiger partial charge < -0.3 is 0 Å². The minimum absolute atomic E-state index is 0.196. The van der Waals surface area contributed by atoms with Crippen LogP contribution in [0.15, 0.2) is 11.1 Å². The Morgan fingerprint density at radius 1 is 1.90 bits per heavy atom. The molecule has 0 amide bonds. The maximum absolute atomic E-state index is 10.9. The molecule has 1 radical (unpaired) electrons. The standard InChI is InChI=1S/C6H6N3O/c1-3-4-9-6(10)8(2)5-7-9/h1,5H,2,4H2. The molecule has 0 spiro atoms. The van der Waals surface area contributed by atoms with Crippen LogP contribution in [-0.2, 0) is 6.54 Å². The van der Waals surface area contributed by atoms with Gasteiger partial charge >= 0.3 is 5.69 Å². The summed E-state index contributed by atoms with van der Waals surface area (Å²) in [7, 11) is 3.38. The lowest BCUT2D eigenvalue weighted by Crippen LogP contribution is -2.21. The van der Waals surface area contributed by atoms with Crippen molar-refractivity contribution in [3.63, 3.8) is 0 Å². The Balaban J connectivity index is 3.09. The van der Waals surface area contributed by atoms with Crippen molar-refractivity contribution in [2.75, 3.05) is 0 Å². The Bertz CT molecular complexity index is 314. The van der Waals surface area contributed by atoms with E-state index < -0.39 is 0 Å². The van der Waals surface area contributed by atoms with Crippen molar-refractivity contribution in [3.8, 4) is 12.3 Å². The fourth-order valence-electron chi connectivity index (χ4n) is 0.567. The topological polar surface area (TPSA) is 39.8 Å². The lowest BCUT2D eigenvalue weighted by Gasteiger charge is -1.86. The Hall–Kier alpha value is -1.50. The average Bonchev–Trinajstić information content (AvgIpc) is 2.20. The van der Waals surface area contributed by atoms with Gasteiger partial charge in [-0.1, -0.05) is 5.92 Å². The summed E-state index contributed by atoms with van der Waals surface area (Å²) < 4.78 is 2.28. The van der Waals surface area contributed by atoms with Gasteiger partial charge in [0.25, 0.3) is 0 Å². The van der Waals surface area contributed by atoms with Gasteiger partial charge in [0.15, 0.2) is 0 Å². The molecule has 0 aliphatic rings. The number of hydrogen-bond acceptors (Lipinski definition) is 2. The lowest BCUT2D eigenvalue weighted by molar-refractivity contribution is 0.678. The first-order chi connectivity index (χ1) is 4.75. The van der Waals surface area contributed by atoms with Crippen LogP contribution in [0.25, 0.3) is 0 Å². The van der Waals surface area contributed by atoms with Crippen LogP contribution in [0.5, 0.6) is 0 Å². The van der Waals surface area contributed by atoms with Crippen LogP contribution in [0.2, 0.25) is 0 Å². The maximum atomic E-state index is 10.9. The van der Waals surface area contributed by atoms with Crippen LogP contribution in [0.4, 0.5) is 0 Å². The number of terminal acetylenes is 1. The highest BCUT2D eigenvalue weighted by Crippen LogP contribution is 1.73. The van der Waals surface area contributed by atoms with E-state index in [0.29, 0.717) is 0 Å². The zero-order valence-electron chi connectivity index (χ0n) is 5.32. The number of nitrogens with zero attached hydrogens (tertiary/aromatic N) is 3. The second-order valence-corrected chi connectivity index (χ2v) is 1.75. The van der Waals surface area contributed by atoms with Gasteiger partial charge in [0.1, 0.15) is 12.9 Å². The third-order valence-electron chi connectivity index (χ3n) is 1.04. The van der Waals surface area contributed by atoms with Crippen molar-refractivity contribution in [1.82, 2.24) is 14.3 Å². The highest BCUT2D eigenvalue weighted by atomic mass is 16.2. The first-order valence-corrected chi connectivity index (χ1v) is 2.64. The summed E-state index contributed by atoms with van der Waals surface area (Å²) in [5.74, 6) is 2.30. The van der Waals surface area contributed by atoms with Crippen LogP contribution in [0.3, 0.4) is 0 Å². The van der Waals surface area contributed by atoms with E-state index in [2.05, 4.69) is 18.1 Å². The monoisotopic (exact) mass is 136 g/mol. The molecule has 0 aromatic carbocycles. The van der Waals surface area contributed by atoms with E-state index in [4.69, 9.17) is 6.42 Å². The quantitative estimate of drug-likeness (QED) is 0.480. The van der Waals surface area contributed by atoms with Crippen molar-refractivity contribution in [3.05, 3.63) is 23.9 Å². The first kappa shape index (κ1) is 6.62. The van der Waals surface area contributed by atoms with Gasteiger partial charge in [0, 0.05) is 7.05 Å². The summed E-state index contributed by atoms with van der Waals surface area (Å²) >= 11 is 0. The lowest BCUT2D eigenvalue weighted by atomic mass is 10.7. The molecular formula is C6H6N3O. The van der Waals surface area contributed by atoms with E-state index in [9.17, 15) is 4.79 Å². The minimum atomic E-state index is -0.294. The highest BCUT2D eigenvalue weighted by molar-refractivity contribution is 4.84. The van der Waals surface area contributed by atoms with Gasteiger partial charge in [-0.05, 0) is 0 Å². The van der Waals surface area contributed by atoms with E-state index in [0.717, 1.165) is 9.25 Å². The van der Waals surface area contributed by atoms with Gasteiger partial charge in [-0.15, -0.1) is 6.42 Å². The van der Waals surface area contributed by atoms with Crippen LogP contribution in [0, 0.1) is 19.4 Å². The first-order valence-electron chi connectivity index (χ1n) is 2.64. The van der Waals surface area contributed by atoms with Crippen molar-refractivity contribution >= 4 is 0 Å². The van der Waals surface area contributed by atoms with Gasteiger partial charge in [-0.3, -0.25) is 4.57 Å². The molecule has 0 N–H and O–H groups in total. The van der Waals surface area contributed by atoms with Crippen LogP contribution in [-0.4, -0.2) is 14.3 Å². The molecule has 4 heteroatoms. The summed E-state index contributed by atoms with van der Waals surface area (Å²) in [6, 6.07) is 0. The van der Waals surface area contributed by atoms with E-state index >= 15 is 0 Å². The fraction of sp³-hybridized carbons (Fsp3) is 0.167. The smallest absolute Gasteiger partial charge is 0.280 e. The van der Waals surface area contributed by atoms with Gasteiger partial charge in [-0.25, -0.2) is 9.48 Å². The number of aromatic nitrogens is 3. The summed E-state index contributed by atoms with van der Waals surface area (Å²) in [6.45, 7) is 0.196. The molecule has 1 heterocycles. The van der Waals surface area contributed by atoms with Crippen LogP contribution in [0.1, 0.15) is 0 Å². The van der Waals surface area contributed by atoms with Crippen molar-refractivity contribution in [1.29, 1.82) is 0 Å². The molecule has 4 nitrogen and oxygen atoms in total. The molecule has 0 unspecified atom stereocenters. The third kappa shape index (κ3) is 0.935. The van der Waals surface area contributed by atoms with Crippen molar-refractivity contribution in [2.45, 2.75) is 6.54 Å². The normalized spacial score (nSPS) is 9.20. The van der Waals surface area contributed by atoms with Crippen LogP contribution < -0.4 is 5.69 Å². The molecule has 0 saturated heterocycles. The van der Waals surface area contributed by atoms with E-state index in [1.54, 1.807) is 0 Å². The SMILES string of the molecule is C#CCn1ncn([CH2])c1=O. The molecular weight excluding hydrogens is 130 g/mol. The molecule has 51 valence electrons. The zero-order chi connectivity index (χ0) is 7.56. The number of hydrogen-bond donors (Lipinski definition) is 0. The molecule has 0 aliphatic carbocycles. The highest BCUT2D eigenvalue weighted by Gasteiger charge is 1.96.